The summed E-state index contributed by atoms with van der Waals surface area (Å²) >= 11 is 6.27. The van der Waals surface area contributed by atoms with Gasteiger partial charge in [-0.1, -0.05) is 29.8 Å². The number of piperidine rings is 1. The van der Waals surface area contributed by atoms with Crippen LogP contribution in [0.25, 0.3) is 0 Å². The maximum absolute atomic E-state index is 6.27. The van der Waals surface area contributed by atoms with Crippen LogP contribution in [0.15, 0.2) is 24.3 Å². The average Bonchev–Trinajstić information content (AvgIpc) is 2.39. The summed E-state index contributed by atoms with van der Waals surface area (Å²) in [5.74, 6) is 0.772. The summed E-state index contributed by atoms with van der Waals surface area (Å²) in [6, 6.07) is 8.53. The van der Waals surface area contributed by atoms with E-state index in [1.54, 1.807) is 0 Å². The van der Waals surface area contributed by atoms with E-state index in [-0.39, 0.29) is 0 Å². The maximum Gasteiger partial charge on any atom is 0.0453 e. The van der Waals surface area contributed by atoms with Gasteiger partial charge in [-0.2, -0.15) is 0 Å². The van der Waals surface area contributed by atoms with Gasteiger partial charge < -0.3 is 5.32 Å². The highest BCUT2D eigenvalue weighted by Gasteiger charge is 2.19. The van der Waals surface area contributed by atoms with Crippen LogP contribution in [-0.2, 0) is 0 Å². The second-order valence-corrected chi connectivity index (χ2v) is 5.76. The number of hydrogen-bond acceptors (Lipinski definition) is 2. The monoisotopic (exact) mass is 266 g/mol. The number of nitrogens with one attached hydrogen (secondary N) is 1. The highest BCUT2D eigenvalue weighted by atomic mass is 35.5. The second-order valence-electron chi connectivity index (χ2n) is 5.35. The molecule has 0 radical (unpaired) electrons. The lowest BCUT2D eigenvalue weighted by molar-refractivity contribution is 0.199. The Balaban J connectivity index is 1.95. The van der Waals surface area contributed by atoms with Crippen LogP contribution in [0, 0.1) is 5.92 Å². The molecule has 0 bridgehead atoms. The minimum atomic E-state index is 0.376. The smallest absolute Gasteiger partial charge is 0.0453 e. The molecule has 1 unspecified atom stereocenters. The SMILES string of the molecule is CC(c1ccccc1Cl)N(C)C[C@@H]1CCCNC1. The molecule has 0 amide bonds. The molecule has 2 nitrogen and oxygen atoms in total. The van der Waals surface area contributed by atoms with Crippen molar-refractivity contribution < 1.29 is 0 Å². The van der Waals surface area contributed by atoms with Crippen molar-refractivity contribution in [2.75, 3.05) is 26.7 Å². The molecule has 1 heterocycles. The Morgan fingerprint density at radius 3 is 2.89 bits per heavy atom. The van der Waals surface area contributed by atoms with Gasteiger partial charge in [0.2, 0.25) is 0 Å². The third-order valence-corrected chi connectivity index (χ3v) is 4.31. The van der Waals surface area contributed by atoms with Crippen molar-refractivity contribution in [3.8, 4) is 0 Å². The summed E-state index contributed by atoms with van der Waals surface area (Å²) < 4.78 is 0. The molecule has 0 aliphatic carbocycles. The minimum absolute atomic E-state index is 0.376. The Morgan fingerprint density at radius 2 is 2.22 bits per heavy atom. The van der Waals surface area contributed by atoms with Gasteiger partial charge in [-0.05, 0) is 57.5 Å². The first-order chi connectivity index (χ1) is 8.68. The number of hydrogen-bond donors (Lipinski definition) is 1. The van der Waals surface area contributed by atoms with E-state index in [0.717, 1.165) is 24.0 Å². The standard InChI is InChI=1S/C15H23ClN2/c1-12(14-7-3-4-8-15(14)16)18(2)11-13-6-5-9-17-10-13/h3-4,7-8,12-13,17H,5-6,9-11H2,1-2H3/t12?,13-/m1/s1. The fourth-order valence-electron chi connectivity index (χ4n) is 2.70. The Labute approximate surface area is 115 Å². The fraction of sp³-hybridized carbons (Fsp3) is 0.600. The number of rotatable bonds is 4. The number of halogens is 1. The first-order valence-corrected chi connectivity index (χ1v) is 7.21. The molecule has 0 saturated carbocycles. The fourth-order valence-corrected chi connectivity index (χ4v) is 2.99. The summed E-state index contributed by atoms with van der Waals surface area (Å²) in [7, 11) is 2.20. The Kier molecular flexibility index (Phi) is 5.04. The van der Waals surface area contributed by atoms with E-state index in [0.29, 0.717) is 6.04 Å². The van der Waals surface area contributed by atoms with E-state index in [2.05, 4.69) is 36.3 Å². The van der Waals surface area contributed by atoms with Crippen molar-refractivity contribution >= 4 is 11.6 Å². The largest absolute Gasteiger partial charge is 0.316 e. The zero-order chi connectivity index (χ0) is 13.0. The molecule has 1 aromatic rings. The molecular weight excluding hydrogens is 244 g/mol. The van der Waals surface area contributed by atoms with Gasteiger partial charge in [-0.3, -0.25) is 4.90 Å². The van der Waals surface area contributed by atoms with Gasteiger partial charge in [0.15, 0.2) is 0 Å². The molecule has 1 aliphatic heterocycles. The van der Waals surface area contributed by atoms with Gasteiger partial charge in [0.25, 0.3) is 0 Å². The molecule has 0 aromatic heterocycles. The lowest BCUT2D eigenvalue weighted by Gasteiger charge is -2.31. The highest BCUT2D eigenvalue weighted by molar-refractivity contribution is 6.31. The summed E-state index contributed by atoms with van der Waals surface area (Å²) in [6.45, 7) is 5.71. The average molecular weight is 267 g/mol. The van der Waals surface area contributed by atoms with Gasteiger partial charge in [0, 0.05) is 17.6 Å². The van der Waals surface area contributed by atoms with E-state index in [1.807, 2.05) is 12.1 Å². The molecule has 1 aromatic carbocycles. The van der Waals surface area contributed by atoms with Gasteiger partial charge in [-0.25, -0.2) is 0 Å². The van der Waals surface area contributed by atoms with Crippen LogP contribution in [0.4, 0.5) is 0 Å². The summed E-state index contributed by atoms with van der Waals surface area (Å²) in [5.41, 5.74) is 1.23. The highest BCUT2D eigenvalue weighted by Crippen LogP contribution is 2.27. The zero-order valence-corrected chi connectivity index (χ0v) is 12.1. The lowest BCUT2D eigenvalue weighted by Crippen LogP contribution is -2.37. The molecule has 3 heteroatoms. The summed E-state index contributed by atoms with van der Waals surface area (Å²) in [5, 5.41) is 4.35. The van der Waals surface area contributed by atoms with Crippen molar-refractivity contribution in [1.82, 2.24) is 10.2 Å². The van der Waals surface area contributed by atoms with Crippen molar-refractivity contribution in [3.05, 3.63) is 34.9 Å². The third kappa shape index (κ3) is 3.47. The quantitative estimate of drug-likeness (QED) is 0.899. The van der Waals surface area contributed by atoms with Crippen LogP contribution < -0.4 is 5.32 Å². The maximum atomic E-state index is 6.27. The van der Waals surface area contributed by atoms with Gasteiger partial charge >= 0.3 is 0 Å². The van der Waals surface area contributed by atoms with Gasteiger partial charge in [0.1, 0.15) is 0 Å². The van der Waals surface area contributed by atoms with Crippen molar-refractivity contribution in [1.29, 1.82) is 0 Å². The number of nitrogens with zero attached hydrogens (tertiary/aromatic N) is 1. The molecule has 1 fully saturated rings. The molecular formula is C15H23ClN2. The van der Waals surface area contributed by atoms with Crippen molar-refractivity contribution in [2.45, 2.75) is 25.8 Å². The van der Waals surface area contributed by atoms with E-state index in [4.69, 9.17) is 11.6 Å². The summed E-state index contributed by atoms with van der Waals surface area (Å²) in [6.07, 6.45) is 2.64. The van der Waals surface area contributed by atoms with Crippen LogP contribution in [0.2, 0.25) is 5.02 Å². The van der Waals surface area contributed by atoms with Crippen LogP contribution in [0.5, 0.6) is 0 Å². The molecule has 0 spiro atoms. The van der Waals surface area contributed by atoms with Gasteiger partial charge in [0.05, 0.1) is 0 Å². The molecule has 2 atom stereocenters. The third-order valence-electron chi connectivity index (χ3n) is 3.96. The van der Waals surface area contributed by atoms with E-state index >= 15 is 0 Å². The topological polar surface area (TPSA) is 15.3 Å². The molecule has 100 valence electrons. The first kappa shape index (κ1) is 13.9. The predicted molar refractivity (Wildman–Crippen MR) is 78.1 cm³/mol. The Morgan fingerprint density at radius 1 is 1.44 bits per heavy atom. The van der Waals surface area contributed by atoms with Crippen LogP contribution in [0.1, 0.15) is 31.4 Å². The molecule has 18 heavy (non-hydrogen) atoms. The van der Waals surface area contributed by atoms with Crippen LogP contribution in [-0.4, -0.2) is 31.6 Å². The Hall–Kier alpha value is -0.570. The summed E-state index contributed by atoms with van der Waals surface area (Å²) in [4.78, 5) is 2.42. The molecule has 2 rings (SSSR count). The zero-order valence-electron chi connectivity index (χ0n) is 11.3. The van der Waals surface area contributed by atoms with Gasteiger partial charge in [-0.15, -0.1) is 0 Å². The number of benzene rings is 1. The normalized spacial score (nSPS) is 22.1. The van der Waals surface area contributed by atoms with E-state index in [9.17, 15) is 0 Å². The van der Waals surface area contributed by atoms with Crippen molar-refractivity contribution in [3.63, 3.8) is 0 Å². The Bertz CT molecular complexity index is 375. The second kappa shape index (κ2) is 6.55. The van der Waals surface area contributed by atoms with Crippen LogP contribution in [0.3, 0.4) is 0 Å². The molecule has 1 aliphatic rings. The van der Waals surface area contributed by atoms with E-state index < -0.39 is 0 Å². The molecule has 1 saturated heterocycles. The molecule has 1 N–H and O–H groups in total. The first-order valence-electron chi connectivity index (χ1n) is 6.84. The lowest BCUT2D eigenvalue weighted by atomic mass is 9.98. The predicted octanol–water partition coefficient (Wildman–Crippen LogP) is 3.33. The minimum Gasteiger partial charge on any atom is -0.316 e. The van der Waals surface area contributed by atoms with E-state index in [1.165, 1.54) is 24.9 Å². The van der Waals surface area contributed by atoms with Crippen LogP contribution >= 0.6 is 11.6 Å². The van der Waals surface area contributed by atoms with Crippen molar-refractivity contribution in [2.24, 2.45) is 5.92 Å².